The zero-order chi connectivity index (χ0) is 14.1. The number of hydrogen-bond acceptors (Lipinski definition) is 3. The quantitative estimate of drug-likeness (QED) is 0.888. The van der Waals surface area contributed by atoms with E-state index < -0.39 is 6.10 Å². The summed E-state index contributed by atoms with van der Waals surface area (Å²) in [5.74, 6) is 1.82. The maximum atomic E-state index is 13.8. The molecule has 0 radical (unpaired) electrons. The summed E-state index contributed by atoms with van der Waals surface area (Å²) in [6, 6.07) is 6.66. The van der Waals surface area contributed by atoms with Crippen LogP contribution < -0.4 is 0 Å². The zero-order valence-electron chi connectivity index (χ0n) is 10.7. The average Bonchev–Trinajstić information content (AvgIpc) is 2.86. The van der Waals surface area contributed by atoms with E-state index in [2.05, 4.69) is 6.07 Å². The minimum absolute atomic E-state index is 0.287. The highest BCUT2D eigenvalue weighted by atomic mass is 35.5. The smallest absolute Gasteiger partial charge is 0.127 e. The second-order valence-corrected chi connectivity index (χ2v) is 7.57. The highest BCUT2D eigenvalue weighted by molar-refractivity contribution is 7.98. The maximum Gasteiger partial charge on any atom is 0.127 e. The van der Waals surface area contributed by atoms with E-state index >= 15 is 0 Å². The number of aliphatic hydroxyl groups excluding tert-OH is 1. The summed E-state index contributed by atoms with van der Waals surface area (Å²) in [6.07, 6.45) is 0.716. The Morgan fingerprint density at radius 1 is 1.35 bits per heavy atom. The molecule has 0 fully saturated rings. The molecule has 106 valence electrons. The van der Waals surface area contributed by atoms with Crippen molar-refractivity contribution in [3.8, 4) is 0 Å². The topological polar surface area (TPSA) is 20.2 Å². The number of benzene rings is 1. The van der Waals surface area contributed by atoms with Gasteiger partial charge < -0.3 is 5.11 Å². The fourth-order valence-electron chi connectivity index (χ4n) is 2.33. The van der Waals surface area contributed by atoms with Crippen LogP contribution in [0.2, 0.25) is 5.02 Å². The fraction of sp³-hybridized carbons (Fsp3) is 0.333. The van der Waals surface area contributed by atoms with Crippen molar-refractivity contribution >= 4 is 34.7 Å². The normalized spacial score (nSPS) is 15.9. The van der Waals surface area contributed by atoms with Crippen LogP contribution in [0, 0.1) is 5.82 Å². The van der Waals surface area contributed by atoms with Crippen molar-refractivity contribution in [1.82, 2.24) is 0 Å². The zero-order valence-corrected chi connectivity index (χ0v) is 13.1. The van der Waals surface area contributed by atoms with Crippen molar-refractivity contribution in [1.29, 1.82) is 0 Å². The van der Waals surface area contributed by atoms with Crippen molar-refractivity contribution in [2.24, 2.45) is 0 Å². The van der Waals surface area contributed by atoms with E-state index in [0.717, 1.165) is 22.8 Å². The third-order valence-corrected chi connectivity index (χ3v) is 5.98. The summed E-state index contributed by atoms with van der Waals surface area (Å²) in [5, 5.41) is 10.7. The van der Waals surface area contributed by atoms with Crippen molar-refractivity contribution in [2.45, 2.75) is 24.7 Å². The molecular formula is C15H14ClFOS2. The van der Waals surface area contributed by atoms with Crippen LogP contribution >= 0.6 is 34.7 Å². The van der Waals surface area contributed by atoms with Crippen LogP contribution in [0.5, 0.6) is 0 Å². The number of halogens is 2. The van der Waals surface area contributed by atoms with Gasteiger partial charge in [-0.05, 0) is 41.5 Å². The predicted molar refractivity (Wildman–Crippen MR) is 84.3 cm³/mol. The Balaban J connectivity index is 1.78. The van der Waals surface area contributed by atoms with Gasteiger partial charge in [0, 0.05) is 27.0 Å². The summed E-state index contributed by atoms with van der Waals surface area (Å²) < 4.78 is 13.8. The highest BCUT2D eigenvalue weighted by Gasteiger charge is 2.19. The lowest BCUT2D eigenvalue weighted by Crippen LogP contribution is -2.01. The van der Waals surface area contributed by atoms with E-state index in [9.17, 15) is 9.50 Å². The van der Waals surface area contributed by atoms with Gasteiger partial charge in [-0.2, -0.15) is 11.8 Å². The Bertz CT molecular complexity index is 603. The Labute approximate surface area is 130 Å². The molecule has 1 N–H and O–H groups in total. The highest BCUT2D eigenvalue weighted by Crippen LogP contribution is 2.35. The van der Waals surface area contributed by atoms with Crippen molar-refractivity contribution in [3.05, 3.63) is 56.0 Å². The molecule has 0 amide bonds. The lowest BCUT2D eigenvalue weighted by molar-refractivity contribution is 0.181. The molecule has 0 spiro atoms. The molecule has 2 heterocycles. The van der Waals surface area contributed by atoms with Crippen molar-refractivity contribution in [3.63, 3.8) is 0 Å². The number of fused-ring (bicyclic) bond motifs is 1. The lowest BCUT2D eigenvalue weighted by Gasteiger charge is -2.09. The van der Waals surface area contributed by atoms with Crippen LogP contribution in [0.15, 0.2) is 24.3 Å². The molecule has 0 bridgehead atoms. The molecule has 5 heteroatoms. The summed E-state index contributed by atoms with van der Waals surface area (Å²) in [6.45, 7) is 0. The summed E-state index contributed by atoms with van der Waals surface area (Å²) in [5.41, 5.74) is 1.83. The largest absolute Gasteiger partial charge is 0.387 e. The van der Waals surface area contributed by atoms with Gasteiger partial charge in [0.15, 0.2) is 0 Å². The average molecular weight is 329 g/mol. The molecule has 2 aromatic rings. The maximum absolute atomic E-state index is 13.8. The number of aryl methyl sites for hydroxylation is 1. The first-order valence-electron chi connectivity index (χ1n) is 6.44. The molecule has 1 aromatic carbocycles. The molecule has 1 atom stereocenters. The first-order valence-corrected chi connectivity index (χ1v) is 8.79. The lowest BCUT2D eigenvalue weighted by atomic mass is 10.1. The van der Waals surface area contributed by atoms with E-state index in [0.29, 0.717) is 10.6 Å². The van der Waals surface area contributed by atoms with Gasteiger partial charge in [0.1, 0.15) is 5.82 Å². The van der Waals surface area contributed by atoms with Gasteiger partial charge in [-0.3, -0.25) is 0 Å². The van der Waals surface area contributed by atoms with Crippen LogP contribution in [0.3, 0.4) is 0 Å². The Hall–Kier alpha value is -0.550. The molecule has 1 unspecified atom stereocenters. The number of thiophene rings is 1. The van der Waals surface area contributed by atoms with Gasteiger partial charge in [0.25, 0.3) is 0 Å². The molecule has 0 saturated carbocycles. The van der Waals surface area contributed by atoms with Gasteiger partial charge in [-0.25, -0.2) is 4.39 Å². The van der Waals surface area contributed by atoms with Crippen LogP contribution in [-0.4, -0.2) is 10.9 Å². The van der Waals surface area contributed by atoms with Gasteiger partial charge in [-0.15, -0.1) is 11.3 Å². The SMILES string of the molecule is OC(Cc1ccc(Cl)cc1F)c1cc2c(s1)CCSC2. The van der Waals surface area contributed by atoms with Gasteiger partial charge in [0.2, 0.25) is 0 Å². The van der Waals surface area contributed by atoms with E-state index in [1.54, 1.807) is 23.5 Å². The molecule has 0 saturated heterocycles. The first kappa shape index (κ1) is 14.4. The number of rotatable bonds is 3. The molecule has 1 aromatic heterocycles. The standard InChI is InChI=1S/C15H14ClFOS2/c16-11-2-1-9(12(17)7-11)5-13(18)15-6-10-8-19-4-3-14(10)20-15/h1-2,6-7,13,18H,3-5,8H2. The van der Waals surface area contributed by atoms with Crippen LogP contribution in [-0.2, 0) is 18.6 Å². The number of thioether (sulfide) groups is 1. The van der Waals surface area contributed by atoms with Gasteiger partial charge >= 0.3 is 0 Å². The Morgan fingerprint density at radius 3 is 2.95 bits per heavy atom. The summed E-state index contributed by atoms with van der Waals surface area (Å²) >= 11 is 9.32. The van der Waals surface area contributed by atoms with E-state index in [4.69, 9.17) is 11.6 Å². The second-order valence-electron chi connectivity index (χ2n) is 4.86. The summed E-state index contributed by atoms with van der Waals surface area (Å²) in [4.78, 5) is 2.31. The van der Waals surface area contributed by atoms with Crippen molar-refractivity contribution in [2.75, 3.05) is 5.75 Å². The van der Waals surface area contributed by atoms with Crippen LogP contribution in [0.1, 0.15) is 27.0 Å². The minimum atomic E-state index is -0.647. The molecule has 1 aliphatic rings. The van der Waals surface area contributed by atoms with Gasteiger partial charge in [-0.1, -0.05) is 17.7 Å². The van der Waals surface area contributed by atoms with Crippen LogP contribution in [0.25, 0.3) is 0 Å². The molecule has 3 rings (SSSR count). The fourth-order valence-corrected chi connectivity index (χ4v) is 4.85. The minimum Gasteiger partial charge on any atom is -0.387 e. The monoisotopic (exact) mass is 328 g/mol. The second kappa shape index (κ2) is 6.06. The number of hydrogen-bond donors (Lipinski definition) is 1. The molecule has 1 nitrogen and oxygen atoms in total. The Morgan fingerprint density at radius 2 is 2.20 bits per heavy atom. The molecule has 1 aliphatic heterocycles. The van der Waals surface area contributed by atoms with E-state index in [1.807, 2.05) is 11.8 Å². The number of aliphatic hydroxyl groups is 1. The predicted octanol–water partition coefficient (Wildman–Crippen LogP) is 4.61. The molecule has 20 heavy (non-hydrogen) atoms. The van der Waals surface area contributed by atoms with Crippen molar-refractivity contribution < 1.29 is 9.50 Å². The third-order valence-electron chi connectivity index (χ3n) is 3.40. The summed E-state index contributed by atoms with van der Waals surface area (Å²) in [7, 11) is 0. The van der Waals surface area contributed by atoms with E-state index in [1.165, 1.54) is 16.5 Å². The first-order chi connectivity index (χ1) is 9.63. The Kier molecular flexibility index (Phi) is 4.36. The van der Waals surface area contributed by atoms with Crippen LogP contribution in [0.4, 0.5) is 4.39 Å². The third kappa shape index (κ3) is 3.03. The molecular weight excluding hydrogens is 315 g/mol. The van der Waals surface area contributed by atoms with E-state index in [-0.39, 0.29) is 12.2 Å². The molecule has 0 aliphatic carbocycles. The van der Waals surface area contributed by atoms with Gasteiger partial charge in [0.05, 0.1) is 6.10 Å².